The number of sulfone groups is 1. The van der Waals surface area contributed by atoms with Crippen LogP contribution in [0.5, 0.6) is 0 Å². The first-order valence-electron chi connectivity index (χ1n) is 8.29. The summed E-state index contributed by atoms with van der Waals surface area (Å²) in [6, 6.07) is 20.1. The Morgan fingerprint density at radius 2 is 1.39 bits per heavy atom. The lowest BCUT2D eigenvalue weighted by molar-refractivity contribution is 0.262. The van der Waals surface area contributed by atoms with Crippen molar-refractivity contribution >= 4 is 33.1 Å². The van der Waals surface area contributed by atoms with E-state index in [2.05, 4.69) is 10.6 Å². The van der Waals surface area contributed by atoms with Crippen molar-refractivity contribution in [2.45, 2.75) is 9.79 Å². The summed E-state index contributed by atoms with van der Waals surface area (Å²) < 4.78 is 25.1. The van der Waals surface area contributed by atoms with Gasteiger partial charge in [-0.1, -0.05) is 30.3 Å². The van der Waals surface area contributed by atoms with Gasteiger partial charge in [-0.05, 0) is 48.5 Å². The lowest BCUT2D eigenvalue weighted by Crippen LogP contribution is -2.20. The van der Waals surface area contributed by atoms with Crippen LogP contribution < -0.4 is 16.4 Å². The maximum atomic E-state index is 12.6. The van der Waals surface area contributed by atoms with E-state index in [0.29, 0.717) is 16.9 Å². The van der Waals surface area contributed by atoms with Crippen LogP contribution in [-0.2, 0) is 9.84 Å². The average Bonchev–Trinajstić information content (AvgIpc) is 2.69. The molecule has 0 aromatic heterocycles. The molecule has 0 spiro atoms. The maximum Gasteiger partial charge on any atom is 0.323 e. The Hall–Kier alpha value is -3.65. The summed E-state index contributed by atoms with van der Waals surface area (Å²) in [7, 11) is -3.61. The van der Waals surface area contributed by atoms with Crippen LogP contribution in [0.4, 0.5) is 16.2 Å². The van der Waals surface area contributed by atoms with Gasteiger partial charge in [0.2, 0.25) is 9.84 Å². The summed E-state index contributed by atoms with van der Waals surface area (Å²) in [6.07, 6.45) is 0. The second-order valence-electron chi connectivity index (χ2n) is 5.91. The maximum absolute atomic E-state index is 12.6. The number of rotatable bonds is 5. The van der Waals surface area contributed by atoms with Crippen molar-refractivity contribution in [3.8, 4) is 0 Å². The number of hydrogen-bond donors (Lipinski definition) is 4. The number of amides is 2. The van der Waals surface area contributed by atoms with Crippen molar-refractivity contribution in [3.05, 3.63) is 84.4 Å². The third-order valence-corrected chi connectivity index (χ3v) is 5.69. The van der Waals surface area contributed by atoms with Crippen LogP contribution in [0.3, 0.4) is 0 Å². The number of carbonyl (C=O) groups is 1. The molecule has 0 saturated carbocycles. The highest BCUT2D eigenvalue weighted by molar-refractivity contribution is 7.91. The molecule has 0 radical (unpaired) electrons. The highest BCUT2D eigenvalue weighted by Crippen LogP contribution is 2.22. The van der Waals surface area contributed by atoms with Crippen LogP contribution in [-0.4, -0.2) is 20.3 Å². The molecule has 28 heavy (non-hydrogen) atoms. The summed E-state index contributed by atoms with van der Waals surface area (Å²) >= 11 is 0. The minimum Gasteiger partial charge on any atom is -0.384 e. The monoisotopic (exact) mass is 394 g/mol. The average molecular weight is 394 g/mol. The van der Waals surface area contributed by atoms with Gasteiger partial charge in [-0.3, -0.25) is 5.41 Å². The van der Waals surface area contributed by atoms with E-state index in [1.807, 2.05) is 0 Å². The molecule has 8 heteroatoms. The number of nitrogens with two attached hydrogens (primary N) is 1. The predicted octanol–water partition coefficient (Wildman–Crippen LogP) is 3.45. The number of nitrogen functional groups attached to an aromatic ring is 1. The fourth-order valence-electron chi connectivity index (χ4n) is 2.51. The molecule has 2 amide bonds. The van der Waals surface area contributed by atoms with Gasteiger partial charge in [-0.2, -0.15) is 0 Å². The lowest BCUT2D eigenvalue weighted by Gasteiger charge is -2.10. The van der Waals surface area contributed by atoms with Gasteiger partial charge in [0.05, 0.1) is 9.79 Å². The first kappa shape index (κ1) is 19.1. The van der Waals surface area contributed by atoms with Crippen molar-refractivity contribution in [1.29, 1.82) is 5.41 Å². The second kappa shape index (κ2) is 7.93. The first-order chi connectivity index (χ1) is 13.4. The molecule has 0 atom stereocenters. The van der Waals surface area contributed by atoms with E-state index in [9.17, 15) is 13.2 Å². The van der Waals surface area contributed by atoms with Gasteiger partial charge in [0.15, 0.2) is 0 Å². The van der Waals surface area contributed by atoms with Crippen molar-refractivity contribution < 1.29 is 13.2 Å². The largest absolute Gasteiger partial charge is 0.384 e. The van der Waals surface area contributed by atoms with E-state index in [1.54, 1.807) is 42.5 Å². The van der Waals surface area contributed by atoms with Gasteiger partial charge in [0.1, 0.15) is 5.84 Å². The van der Waals surface area contributed by atoms with Gasteiger partial charge in [0, 0.05) is 16.9 Å². The van der Waals surface area contributed by atoms with Gasteiger partial charge >= 0.3 is 6.03 Å². The standard InChI is InChI=1S/C20H18N4O3S/c21-19(22)14-5-4-6-16(13-14)24-20(25)23-15-9-11-18(12-10-15)28(26,27)17-7-2-1-3-8-17/h1-13H,(H3,21,22)(H2,23,24,25). The van der Waals surface area contributed by atoms with Gasteiger partial charge in [-0.15, -0.1) is 0 Å². The fourth-order valence-corrected chi connectivity index (χ4v) is 3.79. The van der Waals surface area contributed by atoms with Crippen molar-refractivity contribution in [2.75, 3.05) is 10.6 Å². The molecule has 0 aliphatic heterocycles. The molecule has 7 nitrogen and oxygen atoms in total. The summed E-state index contributed by atoms with van der Waals surface area (Å²) in [6.45, 7) is 0. The molecule has 0 aliphatic carbocycles. The quantitative estimate of drug-likeness (QED) is 0.391. The summed E-state index contributed by atoms with van der Waals surface area (Å²) in [5.74, 6) is -0.0979. The van der Waals surface area contributed by atoms with Gasteiger partial charge in [-0.25, -0.2) is 13.2 Å². The zero-order valence-electron chi connectivity index (χ0n) is 14.7. The second-order valence-corrected chi connectivity index (χ2v) is 7.86. The van der Waals surface area contributed by atoms with E-state index in [1.165, 1.54) is 36.4 Å². The molecule has 0 bridgehead atoms. The molecular formula is C20H18N4O3S. The highest BCUT2D eigenvalue weighted by Gasteiger charge is 2.17. The Labute approximate surface area is 162 Å². The third-order valence-electron chi connectivity index (χ3n) is 3.91. The normalized spacial score (nSPS) is 10.9. The van der Waals surface area contributed by atoms with Crippen LogP contribution in [0.1, 0.15) is 5.56 Å². The number of carbonyl (C=O) groups excluding carboxylic acids is 1. The molecule has 142 valence electrons. The number of benzene rings is 3. The molecule has 3 rings (SSSR count). The molecule has 0 aliphatic rings. The van der Waals surface area contributed by atoms with Crippen LogP contribution >= 0.6 is 0 Å². The Kier molecular flexibility index (Phi) is 5.42. The minimum atomic E-state index is -3.61. The molecule has 0 fully saturated rings. The highest BCUT2D eigenvalue weighted by atomic mass is 32.2. The number of nitrogens with one attached hydrogen (secondary N) is 3. The molecule has 3 aromatic rings. The van der Waals surface area contributed by atoms with E-state index >= 15 is 0 Å². The number of amidine groups is 1. The molecule has 3 aromatic carbocycles. The number of anilines is 2. The Balaban J connectivity index is 1.70. The zero-order chi connectivity index (χ0) is 20.1. The van der Waals surface area contributed by atoms with Crippen LogP contribution in [0, 0.1) is 5.41 Å². The molecular weight excluding hydrogens is 376 g/mol. The summed E-state index contributed by atoms with van der Waals surface area (Å²) in [4.78, 5) is 12.5. The van der Waals surface area contributed by atoms with Gasteiger partial charge in [0.25, 0.3) is 0 Å². The van der Waals surface area contributed by atoms with Crippen molar-refractivity contribution in [1.82, 2.24) is 0 Å². The Morgan fingerprint density at radius 3 is 2.04 bits per heavy atom. The number of urea groups is 1. The molecule has 5 N–H and O–H groups in total. The SMILES string of the molecule is N=C(N)c1cccc(NC(=O)Nc2ccc(S(=O)(=O)c3ccccc3)cc2)c1. The smallest absolute Gasteiger partial charge is 0.323 e. The van der Waals surface area contributed by atoms with E-state index in [4.69, 9.17) is 11.1 Å². The van der Waals surface area contributed by atoms with Crippen LogP contribution in [0.15, 0.2) is 88.7 Å². The van der Waals surface area contributed by atoms with E-state index < -0.39 is 15.9 Å². The Morgan fingerprint density at radius 1 is 0.786 bits per heavy atom. The minimum absolute atomic E-state index is 0.0979. The van der Waals surface area contributed by atoms with Crippen molar-refractivity contribution in [3.63, 3.8) is 0 Å². The Bertz CT molecular complexity index is 1110. The summed E-state index contributed by atoms with van der Waals surface area (Å²) in [5.41, 5.74) is 6.85. The van der Waals surface area contributed by atoms with E-state index in [0.717, 1.165) is 0 Å². The fraction of sp³-hybridized carbons (Fsp3) is 0. The molecule has 0 unspecified atom stereocenters. The predicted molar refractivity (Wildman–Crippen MR) is 108 cm³/mol. The van der Waals surface area contributed by atoms with Crippen LogP contribution in [0.2, 0.25) is 0 Å². The zero-order valence-corrected chi connectivity index (χ0v) is 15.5. The van der Waals surface area contributed by atoms with Crippen LogP contribution in [0.25, 0.3) is 0 Å². The topological polar surface area (TPSA) is 125 Å². The lowest BCUT2D eigenvalue weighted by atomic mass is 10.2. The molecule has 0 heterocycles. The molecule has 0 saturated heterocycles. The number of hydrogen-bond acceptors (Lipinski definition) is 4. The van der Waals surface area contributed by atoms with Gasteiger partial charge < -0.3 is 16.4 Å². The van der Waals surface area contributed by atoms with E-state index in [-0.39, 0.29) is 15.6 Å². The third kappa shape index (κ3) is 4.36. The summed E-state index contributed by atoms with van der Waals surface area (Å²) in [5, 5.41) is 12.7. The first-order valence-corrected chi connectivity index (χ1v) is 9.77. The van der Waals surface area contributed by atoms with Crippen molar-refractivity contribution in [2.24, 2.45) is 5.73 Å².